The fourth-order valence-corrected chi connectivity index (χ4v) is 6.68. The first-order chi connectivity index (χ1) is 19.7. The fraction of sp³-hybridized carbons (Fsp3) is 0.600. The molecule has 3 aliphatic heterocycles. The molecule has 2 aromatic carbocycles. The minimum Gasteiger partial charge on any atom is -0.367 e. The van der Waals surface area contributed by atoms with E-state index < -0.39 is 53.9 Å². The zero-order valence-electron chi connectivity index (χ0n) is 23.2. The maximum atomic E-state index is 13.9. The van der Waals surface area contributed by atoms with Crippen molar-refractivity contribution in [1.29, 1.82) is 0 Å². The van der Waals surface area contributed by atoms with Crippen LogP contribution in [0.3, 0.4) is 0 Å². The van der Waals surface area contributed by atoms with Crippen LogP contribution in [-0.2, 0) is 26.6 Å². The minimum atomic E-state index is -4.99. The summed E-state index contributed by atoms with van der Waals surface area (Å²) in [6.45, 7) is 5.45. The molecule has 0 radical (unpaired) electrons. The van der Waals surface area contributed by atoms with E-state index in [0.29, 0.717) is 56.7 Å². The van der Waals surface area contributed by atoms with Crippen molar-refractivity contribution in [2.24, 2.45) is 11.3 Å². The number of piperidine rings is 1. The maximum absolute atomic E-state index is 13.9. The number of ether oxygens (including phenoxy) is 3. The lowest BCUT2D eigenvalue weighted by atomic mass is 9.70. The molecule has 1 N–H and O–H groups in total. The fourth-order valence-electron chi connectivity index (χ4n) is 6.68. The lowest BCUT2D eigenvalue weighted by Gasteiger charge is -2.49. The molecule has 0 saturated carbocycles. The van der Waals surface area contributed by atoms with Crippen molar-refractivity contribution in [3.8, 4) is 0 Å². The number of benzene rings is 2. The Morgan fingerprint density at radius 2 is 1.55 bits per heavy atom. The van der Waals surface area contributed by atoms with E-state index in [9.17, 15) is 35.8 Å². The van der Waals surface area contributed by atoms with Crippen molar-refractivity contribution in [2.75, 3.05) is 26.3 Å². The van der Waals surface area contributed by atoms with Crippen LogP contribution in [0.4, 0.5) is 30.7 Å². The average Bonchev–Trinajstić information content (AvgIpc) is 3.21. The van der Waals surface area contributed by atoms with Crippen LogP contribution in [0, 0.1) is 17.2 Å². The third-order valence-electron chi connectivity index (χ3n) is 9.25. The van der Waals surface area contributed by atoms with Crippen molar-refractivity contribution < 1.29 is 50.1 Å². The third kappa shape index (κ3) is 6.19. The van der Waals surface area contributed by atoms with Gasteiger partial charge in [0, 0.05) is 11.5 Å². The van der Waals surface area contributed by atoms with Gasteiger partial charge >= 0.3 is 12.4 Å². The zero-order valence-corrected chi connectivity index (χ0v) is 23.2. The second kappa shape index (κ2) is 11.7. The van der Waals surface area contributed by atoms with E-state index in [0.717, 1.165) is 0 Å². The normalized spacial score (nSPS) is 29.6. The number of likely N-dealkylation sites (tertiary alicyclic amines) is 1. The van der Waals surface area contributed by atoms with Gasteiger partial charge in [0.1, 0.15) is 5.82 Å². The Kier molecular flexibility index (Phi) is 8.67. The van der Waals surface area contributed by atoms with Gasteiger partial charge in [-0.3, -0.25) is 4.90 Å². The van der Waals surface area contributed by atoms with Crippen molar-refractivity contribution in [3.63, 3.8) is 0 Å². The smallest absolute Gasteiger partial charge is 0.367 e. The predicted molar refractivity (Wildman–Crippen MR) is 138 cm³/mol. The van der Waals surface area contributed by atoms with Gasteiger partial charge in [-0.15, -0.1) is 0 Å². The molecule has 0 aromatic heterocycles. The summed E-state index contributed by atoms with van der Waals surface area (Å²) < 4.78 is 112. The van der Waals surface area contributed by atoms with Gasteiger partial charge in [-0.2, -0.15) is 26.3 Å². The van der Waals surface area contributed by atoms with E-state index in [1.165, 1.54) is 19.1 Å². The summed E-state index contributed by atoms with van der Waals surface area (Å²) in [5.41, 5.74) is -2.80. The van der Waals surface area contributed by atoms with Gasteiger partial charge < -0.3 is 19.3 Å². The summed E-state index contributed by atoms with van der Waals surface area (Å²) in [6, 6.07) is 7.02. The van der Waals surface area contributed by atoms with Crippen molar-refractivity contribution in [2.45, 2.75) is 76.1 Å². The monoisotopic (exact) mass is 605 g/mol. The van der Waals surface area contributed by atoms with Crippen LogP contribution in [-0.4, -0.2) is 54.9 Å². The number of aliphatic hydroxyl groups excluding tert-OH is 1. The maximum Gasteiger partial charge on any atom is 0.416 e. The minimum absolute atomic E-state index is 0.0843. The SMILES string of the molecule is CC1COC(O)C12CCN([C@@H]1CCO[C@H](O[C@H](C)c3cc(C(F)(F)F)cc(C(F)(F)F)c3)[C@@H]1c1ccc(F)cc1)CC2. The Labute approximate surface area is 239 Å². The highest BCUT2D eigenvalue weighted by atomic mass is 19.4. The van der Waals surface area contributed by atoms with Crippen LogP contribution in [0.5, 0.6) is 0 Å². The van der Waals surface area contributed by atoms with Crippen LogP contribution in [0.2, 0.25) is 0 Å². The van der Waals surface area contributed by atoms with Crippen LogP contribution in [0.1, 0.15) is 67.4 Å². The van der Waals surface area contributed by atoms with Gasteiger partial charge in [-0.1, -0.05) is 19.1 Å². The van der Waals surface area contributed by atoms with Gasteiger partial charge in [0.15, 0.2) is 12.6 Å². The Bertz CT molecular complexity index is 1180. The first kappa shape index (κ1) is 31.2. The Balaban J connectivity index is 1.42. The molecule has 3 saturated heterocycles. The van der Waals surface area contributed by atoms with Crippen LogP contribution in [0.25, 0.3) is 0 Å². The zero-order chi connectivity index (χ0) is 30.4. The van der Waals surface area contributed by atoms with E-state index in [4.69, 9.17) is 14.2 Å². The van der Waals surface area contributed by atoms with Crippen LogP contribution in [0.15, 0.2) is 42.5 Å². The van der Waals surface area contributed by atoms with Gasteiger partial charge in [0.2, 0.25) is 0 Å². The molecule has 6 atom stereocenters. The molecule has 2 aromatic rings. The summed E-state index contributed by atoms with van der Waals surface area (Å²) in [5, 5.41) is 10.6. The van der Waals surface area contributed by atoms with Crippen molar-refractivity contribution in [3.05, 3.63) is 70.5 Å². The van der Waals surface area contributed by atoms with Crippen LogP contribution < -0.4 is 0 Å². The quantitative estimate of drug-likeness (QED) is 0.376. The van der Waals surface area contributed by atoms with Crippen LogP contribution >= 0.6 is 0 Å². The molecule has 5 nitrogen and oxygen atoms in total. The molecule has 5 rings (SSSR count). The predicted octanol–water partition coefficient (Wildman–Crippen LogP) is 6.91. The molecule has 3 aliphatic rings. The summed E-state index contributed by atoms with van der Waals surface area (Å²) in [7, 11) is 0. The van der Waals surface area contributed by atoms with Crippen molar-refractivity contribution >= 4 is 0 Å². The molecule has 3 heterocycles. The molecular weight excluding hydrogens is 571 g/mol. The highest BCUT2D eigenvalue weighted by Crippen LogP contribution is 2.49. The van der Waals surface area contributed by atoms with Gasteiger partial charge in [-0.05, 0) is 86.7 Å². The Hall–Kier alpha value is -2.25. The van der Waals surface area contributed by atoms with Gasteiger partial charge in [0.05, 0.1) is 36.4 Å². The van der Waals surface area contributed by atoms with Crippen molar-refractivity contribution in [1.82, 2.24) is 4.90 Å². The number of hydrogen-bond acceptors (Lipinski definition) is 5. The summed E-state index contributed by atoms with van der Waals surface area (Å²) in [4.78, 5) is 2.26. The molecule has 0 aliphatic carbocycles. The number of hydrogen-bond donors (Lipinski definition) is 1. The van der Waals surface area contributed by atoms with E-state index >= 15 is 0 Å². The number of rotatable bonds is 5. The molecule has 3 fully saturated rings. The molecule has 0 bridgehead atoms. The van der Waals surface area contributed by atoms with Gasteiger partial charge in [0.25, 0.3) is 0 Å². The average molecular weight is 606 g/mol. The lowest BCUT2D eigenvalue weighted by molar-refractivity contribution is -0.215. The van der Waals surface area contributed by atoms with E-state index in [2.05, 4.69) is 11.8 Å². The lowest BCUT2D eigenvalue weighted by Crippen LogP contribution is -2.54. The molecule has 1 spiro atoms. The third-order valence-corrected chi connectivity index (χ3v) is 9.25. The second-order valence-corrected chi connectivity index (χ2v) is 11.6. The molecule has 12 heteroatoms. The highest BCUT2D eigenvalue weighted by molar-refractivity contribution is 5.35. The summed E-state index contributed by atoms with van der Waals surface area (Å²) in [6.07, 6.45) is -11.1. The van der Waals surface area contributed by atoms with E-state index in [-0.39, 0.29) is 35.6 Å². The second-order valence-electron chi connectivity index (χ2n) is 11.6. The van der Waals surface area contributed by atoms with Gasteiger partial charge in [-0.25, -0.2) is 4.39 Å². The molecular formula is C30H34F7NO4. The number of nitrogens with zero attached hydrogens (tertiary/aromatic N) is 1. The number of halogens is 7. The Morgan fingerprint density at radius 3 is 2.07 bits per heavy atom. The molecule has 2 unspecified atom stereocenters. The molecule has 232 valence electrons. The first-order valence-electron chi connectivity index (χ1n) is 14.0. The standard InChI is InChI=1S/C30H34F7NO4/c1-17-16-41-27(39)28(17)8-10-38(11-9-28)24-7-12-40-26(25(24)19-3-5-23(31)6-4-19)42-18(2)20-13-21(29(32,33)34)15-22(14-20)30(35,36)37/h3-6,13-15,17-18,24-27,39H,7-12,16H2,1-2H3/t17?,18-,24-,25-,26-,27?/m1/s1. The largest absolute Gasteiger partial charge is 0.416 e. The van der Waals surface area contributed by atoms with E-state index in [1.54, 1.807) is 12.1 Å². The molecule has 0 amide bonds. The number of aliphatic hydroxyl groups is 1. The number of alkyl halides is 6. The Morgan fingerprint density at radius 1 is 0.952 bits per heavy atom. The van der Waals surface area contributed by atoms with E-state index in [1.807, 2.05) is 0 Å². The molecule has 42 heavy (non-hydrogen) atoms. The highest BCUT2D eigenvalue weighted by Gasteiger charge is 2.52. The first-order valence-corrected chi connectivity index (χ1v) is 14.0. The topological polar surface area (TPSA) is 51.2 Å². The summed E-state index contributed by atoms with van der Waals surface area (Å²) >= 11 is 0. The summed E-state index contributed by atoms with van der Waals surface area (Å²) in [5.74, 6) is -0.778.